The van der Waals surface area contributed by atoms with Crippen molar-refractivity contribution >= 4 is 24.6 Å². The van der Waals surface area contributed by atoms with Gasteiger partial charge in [-0.3, -0.25) is 9.98 Å². The molecule has 3 heterocycles. The largest absolute Gasteiger partial charge is 0.355 e. The van der Waals surface area contributed by atoms with Crippen LogP contribution in [0.15, 0.2) is 57.3 Å². The summed E-state index contributed by atoms with van der Waals surface area (Å²) in [6.07, 6.45) is 19.7. The van der Waals surface area contributed by atoms with Crippen molar-refractivity contribution in [3.63, 3.8) is 0 Å². The first-order valence-electron chi connectivity index (χ1n) is 9.72. The first-order valence-corrected chi connectivity index (χ1v) is 9.72. The highest BCUT2D eigenvalue weighted by atomic mass is 14.8. The van der Waals surface area contributed by atoms with Crippen LogP contribution in [0.25, 0.3) is 12.2 Å². The normalized spacial score (nSPS) is 21.5. The Hall–Kier alpha value is -2.68. The number of fused-ring (bicyclic) bond motifs is 1. The van der Waals surface area contributed by atoms with Gasteiger partial charge in [-0.05, 0) is 60.6 Å². The van der Waals surface area contributed by atoms with E-state index in [-0.39, 0.29) is 0 Å². The molecule has 0 saturated heterocycles. The molecule has 0 amide bonds. The number of aromatic nitrogens is 1. The molecular formula is C24H29N3. The molecule has 0 spiro atoms. The number of hydrogen-bond acceptors (Lipinski definition) is 2. The van der Waals surface area contributed by atoms with E-state index in [1.807, 2.05) is 24.8 Å². The van der Waals surface area contributed by atoms with E-state index in [2.05, 4.69) is 80.0 Å². The Labute approximate surface area is 162 Å². The van der Waals surface area contributed by atoms with Gasteiger partial charge in [-0.25, -0.2) is 0 Å². The Morgan fingerprint density at radius 3 is 2.74 bits per heavy atom. The van der Waals surface area contributed by atoms with E-state index in [9.17, 15) is 0 Å². The quantitative estimate of drug-likeness (QED) is 0.618. The zero-order valence-electron chi connectivity index (χ0n) is 17.0. The Morgan fingerprint density at radius 2 is 2.00 bits per heavy atom. The lowest BCUT2D eigenvalue weighted by molar-refractivity contribution is 0.935. The summed E-state index contributed by atoms with van der Waals surface area (Å²) in [7, 11) is 0. The number of aliphatic imine (C=N–C) groups is 2. The number of allylic oxidation sites excluding steroid dienone is 6. The summed E-state index contributed by atoms with van der Waals surface area (Å²) in [6, 6.07) is 0. The smallest absolute Gasteiger partial charge is 0.0442 e. The molecule has 27 heavy (non-hydrogen) atoms. The van der Waals surface area contributed by atoms with Gasteiger partial charge in [0.15, 0.2) is 0 Å². The molecule has 0 fully saturated rings. The lowest BCUT2D eigenvalue weighted by Crippen LogP contribution is -1.99. The Kier molecular flexibility index (Phi) is 5.90. The molecule has 0 aromatic carbocycles. The topological polar surface area (TPSA) is 40.5 Å². The fraction of sp³-hybridized carbons (Fsp3) is 0.333. The van der Waals surface area contributed by atoms with Crippen LogP contribution >= 0.6 is 0 Å². The van der Waals surface area contributed by atoms with Crippen molar-refractivity contribution in [1.29, 1.82) is 0 Å². The average Bonchev–Trinajstić information content (AvgIpc) is 2.73. The maximum Gasteiger partial charge on any atom is 0.0442 e. The first-order chi connectivity index (χ1) is 13.0. The van der Waals surface area contributed by atoms with Crippen molar-refractivity contribution in [2.45, 2.75) is 47.0 Å². The average molecular weight is 360 g/mol. The minimum atomic E-state index is 0.304. The van der Waals surface area contributed by atoms with Crippen molar-refractivity contribution in [2.24, 2.45) is 15.9 Å². The van der Waals surface area contributed by atoms with E-state index in [1.54, 1.807) is 0 Å². The Morgan fingerprint density at radius 1 is 1.19 bits per heavy atom. The van der Waals surface area contributed by atoms with E-state index in [1.165, 1.54) is 28.0 Å². The predicted octanol–water partition coefficient (Wildman–Crippen LogP) is 6.25. The van der Waals surface area contributed by atoms with Crippen LogP contribution in [0, 0.1) is 5.92 Å². The van der Waals surface area contributed by atoms with Crippen molar-refractivity contribution in [2.75, 3.05) is 0 Å². The summed E-state index contributed by atoms with van der Waals surface area (Å²) >= 11 is 0. The van der Waals surface area contributed by atoms with Gasteiger partial charge in [0.2, 0.25) is 0 Å². The van der Waals surface area contributed by atoms with Crippen LogP contribution in [0.3, 0.4) is 0 Å². The Balaban J connectivity index is 2.14. The van der Waals surface area contributed by atoms with E-state index < -0.39 is 0 Å². The van der Waals surface area contributed by atoms with Gasteiger partial charge >= 0.3 is 0 Å². The molecule has 3 nitrogen and oxygen atoms in total. The number of nitrogens with zero attached hydrogens (tertiary/aromatic N) is 2. The molecule has 0 bridgehead atoms. The van der Waals surface area contributed by atoms with Gasteiger partial charge in [0.05, 0.1) is 0 Å². The highest BCUT2D eigenvalue weighted by Crippen LogP contribution is 2.31. The van der Waals surface area contributed by atoms with Crippen LogP contribution in [0.2, 0.25) is 0 Å². The minimum Gasteiger partial charge on any atom is -0.355 e. The third kappa shape index (κ3) is 4.36. The third-order valence-electron chi connectivity index (χ3n) is 4.86. The molecule has 1 aromatic heterocycles. The zero-order valence-corrected chi connectivity index (χ0v) is 17.0. The fourth-order valence-corrected chi connectivity index (χ4v) is 3.66. The predicted molar refractivity (Wildman–Crippen MR) is 118 cm³/mol. The first kappa shape index (κ1) is 19.1. The van der Waals surface area contributed by atoms with E-state index in [4.69, 9.17) is 0 Å². The summed E-state index contributed by atoms with van der Waals surface area (Å²) in [4.78, 5) is 12.4. The molecule has 1 aromatic rings. The number of nitrogens with one attached hydrogen (secondary N) is 1. The monoisotopic (exact) mass is 359 g/mol. The van der Waals surface area contributed by atoms with Crippen LogP contribution in [-0.4, -0.2) is 17.4 Å². The lowest BCUT2D eigenvalue weighted by atomic mass is 9.94. The Bertz CT molecular complexity index is 910. The molecule has 2 aliphatic heterocycles. The molecule has 2 atom stereocenters. The van der Waals surface area contributed by atoms with Gasteiger partial charge in [-0.2, -0.15) is 0 Å². The second kappa shape index (κ2) is 8.34. The van der Waals surface area contributed by atoms with Gasteiger partial charge in [0.1, 0.15) is 0 Å². The molecule has 1 N–H and O–H groups in total. The maximum atomic E-state index is 4.42. The summed E-state index contributed by atoms with van der Waals surface area (Å²) in [5, 5.41) is 0. The molecule has 140 valence electrons. The molecule has 2 unspecified atom stereocenters. The highest BCUT2D eigenvalue weighted by molar-refractivity contribution is 5.90. The van der Waals surface area contributed by atoms with E-state index in [0.717, 1.165) is 17.7 Å². The van der Waals surface area contributed by atoms with E-state index in [0.29, 0.717) is 11.8 Å². The second-order valence-electron chi connectivity index (χ2n) is 7.52. The second-order valence-corrected chi connectivity index (χ2v) is 7.52. The van der Waals surface area contributed by atoms with Crippen molar-refractivity contribution in [3.05, 3.63) is 69.9 Å². The van der Waals surface area contributed by atoms with Crippen molar-refractivity contribution < 1.29 is 0 Å². The molecule has 0 radical (unpaired) electrons. The fourth-order valence-electron chi connectivity index (χ4n) is 3.66. The molecule has 2 aliphatic rings. The van der Waals surface area contributed by atoms with Gasteiger partial charge in [0, 0.05) is 42.1 Å². The van der Waals surface area contributed by atoms with Crippen LogP contribution in [-0.2, 0) is 6.42 Å². The summed E-state index contributed by atoms with van der Waals surface area (Å²) < 4.78 is 0. The molecular weight excluding hydrogens is 330 g/mol. The van der Waals surface area contributed by atoms with E-state index >= 15 is 0 Å². The number of hydrogen-bond donors (Lipinski definition) is 1. The number of H-pyrrole nitrogens is 1. The van der Waals surface area contributed by atoms with Gasteiger partial charge in [0.25, 0.3) is 0 Å². The van der Waals surface area contributed by atoms with Crippen molar-refractivity contribution in [3.8, 4) is 0 Å². The highest BCUT2D eigenvalue weighted by Gasteiger charge is 2.19. The third-order valence-corrected chi connectivity index (χ3v) is 4.86. The maximum absolute atomic E-state index is 4.42. The molecule has 0 aliphatic carbocycles. The van der Waals surface area contributed by atoms with Crippen LogP contribution in [0.5, 0.6) is 0 Å². The number of rotatable bonds is 4. The summed E-state index contributed by atoms with van der Waals surface area (Å²) in [6.45, 7) is 10.9. The minimum absolute atomic E-state index is 0.304. The summed E-state index contributed by atoms with van der Waals surface area (Å²) in [5.74, 6) is 0.666. The van der Waals surface area contributed by atoms with Gasteiger partial charge < -0.3 is 4.98 Å². The van der Waals surface area contributed by atoms with Gasteiger partial charge in [-0.1, -0.05) is 44.6 Å². The number of aromatic amines is 1. The SMILES string of the molecule is CCc1c(/C=C(\C=C(C)C)C2=CC(C)C=CN=C2)[nH]c2c1C(C)C=NC=C2. The zero-order chi connectivity index (χ0) is 19.4. The molecule has 3 rings (SSSR count). The molecule has 0 saturated carbocycles. The van der Waals surface area contributed by atoms with Crippen LogP contribution in [0.1, 0.15) is 63.1 Å². The lowest BCUT2D eigenvalue weighted by Gasteiger charge is -2.09. The summed E-state index contributed by atoms with van der Waals surface area (Å²) in [5.41, 5.74) is 8.69. The van der Waals surface area contributed by atoms with Crippen LogP contribution in [0.4, 0.5) is 0 Å². The standard InChI is InChI=1S/C24H29N3/c1-6-21-23(27-22-8-10-25-14-18(5)24(21)22)13-19(11-16(2)3)20-12-17(4)7-9-26-15-20/h7-15,17-18,27H,6H2,1-5H3/b19-13+. The molecule has 3 heteroatoms. The van der Waals surface area contributed by atoms with Crippen LogP contribution < -0.4 is 0 Å². The van der Waals surface area contributed by atoms with Crippen molar-refractivity contribution in [1.82, 2.24) is 4.98 Å². The van der Waals surface area contributed by atoms with Gasteiger partial charge in [-0.15, -0.1) is 0 Å².